The van der Waals surface area contributed by atoms with Crippen LogP contribution in [0.2, 0.25) is 0 Å². The van der Waals surface area contributed by atoms with Gasteiger partial charge in [-0.05, 0) is 96.7 Å². The maximum atomic E-state index is 12.1. The number of allylic oxidation sites excluding steroid dienone is 1. The highest BCUT2D eigenvalue weighted by Crippen LogP contribution is 2.75. The minimum Gasteiger partial charge on any atom is -0.462 e. The number of hydrogen-bond acceptors (Lipinski definition) is 3. The van der Waals surface area contributed by atoms with Gasteiger partial charge in [-0.25, -0.2) is 0 Å². The van der Waals surface area contributed by atoms with Gasteiger partial charge in [0.15, 0.2) is 0 Å². The van der Waals surface area contributed by atoms with Crippen molar-refractivity contribution in [2.45, 2.75) is 132 Å². The van der Waals surface area contributed by atoms with E-state index in [0.717, 1.165) is 25.7 Å². The number of carbonyl (C=O) groups excluding carboxylic acids is 1. The lowest BCUT2D eigenvalue weighted by molar-refractivity contribution is -0.229. The van der Waals surface area contributed by atoms with Crippen LogP contribution in [-0.4, -0.2) is 23.3 Å². The van der Waals surface area contributed by atoms with E-state index in [1.54, 1.807) is 12.5 Å². The van der Waals surface area contributed by atoms with E-state index in [0.29, 0.717) is 22.7 Å². The van der Waals surface area contributed by atoms with Crippen LogP contribution >= 0.6 is 0 Å². The number of fused-ring (bicyclic) bond motifs is 7. The second-order valence-corrected chi connectivity index (χ2v) is 16.0. The molecule has 3 heteroatoms. The van der Waals surface area contributed by atoms with Crippen molar-refractivity contribution in [1.29, 1.82) is 0 Å². The van der Waals surface area contributed by atoms with Crippen molar-refractivity contribution in [1.82, 2.24) is 0 Å². The van der Waals surface area contributed by atoms with Gasteiger partial charge in [-0.2, -0.15) is 0 Å². The van der Waals surface area contributed by atoms with Crippen molar-refractivity contribution < 1.29 is 14.6 Å². The van der Waals surface area contributed by atoms with Gasteiger partial charge in [-0.15, -0.1) is 0 Å². The summed E-state index contributed by atoms with van der Waals surface area (Å²) in [4.78, 5) is 11.9. The van der Waals surface area contributed by atoms with Crippen LogP contribution in [0.25, 0.3) is 0 Å². The lowest BCUT2D eigenvalue weighted by Crippen LogP contribution is -2.67. The third kappa shape index (κ3) is 3.41. The molecule has 4 fully saturated rings. The Bertz CT molecular complexity index is 931. The fourth-order valence-corrected chi connectivity index (χ4v) is 11.0. The first-order valence-corrected chi connectivity index (χ1v) is 14.6. The maximum absolute atomic E-state index is 12.1. The molecule has 1 N–H and O–H groups in total. The van der Waals surface area contributed by atoms with Gasteiger partial charge in [0.2, 0.25) is 0 Å². The normalized spacial score (nSPS) is 52.2. The molecule has 0 aromatic heterocycles. The average Bonchev–Trinajstić information content (AvgIpc) is 2.72. The molecule has 0 heterocycles. The van der Waals surface area contributed by atoms with Crippen LogP contribution in [0.4, 0.5) is 0 Å². The third-order valence-corrected chi connectivity index (χ3v) is 13.3. The predicted molar refractivity (Wildman–Crippen MR) is 142 cm³/mol. The molecule has 4 saturated carbocycles. The Morgan fingerprint density at radius 2 is 1.57 bits per heavy atom. The van der Waals surface area contributed by atoms with Crippen LogP contribution in [0, 0.1) is 50.2 Å². The SMILES string of the molecule is CC(=O)OC1CCC2(C)C(CCC3(C)C2C(O)C=C2C4CC(C)(C)CCC4(C)CCC23C)C1(C)C. The van der Waals surface area contributed by atoms with E-state index >= 15 is 0 Å². The van der Waals surface area contributed by atoms with Crippen LogP contribution < -0.4 is 0 Å². The minimum atomic E-state index is -0.385. The standard InChI is InChI=1S/C32H52O3/c1-20(33)35-25-11-12-30(7)24(28(25,4)5)10-13-32(9)26(30)23(34)18-21-22-19-27(2,3)14-15-29(22,6)16-17-31(21,32)8/h18,22-26,34H,10-17,19H2,1-9H3. The van der Waals surface area contributed by atoms with Gasteiger partial charge < -0.3 is 9.84 Å². The molecule has 198 valence electrons. The Hall–Kier alpha value is -0.830. The first-order chi connectivity index (χ1) is 16.0. The second kappa shape index (κ2) is 7.61. The van der Waals surface area contributed by atoms with E-state index in [9.17, 15) is 9.90 Å². The van der Waals surface area contributed by atoms with Gasteiger partial charge in [0.05, 0.1) is 6.10 Å². The van der Waals surface area contributed by atoms with E-state index < -0.39 is 0 Å². The van der Waals surface area contributed by atoms with Crippen LogP contribution in [0.15, 0.2) is 11.6 Å². The number of aliphatic hydroxyl groups excluding tert-OH is 1. The van der Waals surface area contributed by atoms with Gasteiger partial charge in [-0.3, -0.25) is 4.79 Å². The smallest absolute Gasteiger partial charge is 0.302 e. The predicted octanol–water partition coefficient (Wildman–Crippen LogP) is 7.71. The molecule has 5 aliphatic rings. The number of hydrogen-bond donors (Lipinski definition) is 1. The quantitative estimate of drug-likeness (QED) is 0.306. The molecule has 5 rings (SSSR count). The summed E-state index contributed by atoms with van der Waals surface area (Å²) < 4.78 is 5.87. The Morgan fingerprint density at radius 1 is 0.914 bits per heavy atom. The van der Waals surface area contributed by atoms with E-state index in [1.807, 2.05) is 0 Å². The van der Waals surface area contributed by atoms with Crippen molar-refractivity contribution in [2.24, 2.45) is 50.2 Å². The first-order valence-electron chi connectivity index (χ1n) is 14.6. The van der Waals surface area contributed by atoms with E-state index in [2.05, 4.69) is 61.5 Å². The van der Waals surface area contributed by atoms with Gasteiger partial charge >= 0.3 is 5.97 Å². The van der Waals surface area contributed by atoms with Crippen molar-refractivity contribution in [3.05, 3.63) is 11.6 Å². The van der Waals surface area contributed by atoms with Gasteiger partial charge in [0.1, 0.15) is 6.10 Å². The molecular weight excluding hydrogens is 432 g/mol. The lowest BCUT2D eigenvalue weighted by Gasteiger charge is -2.72. The Labute approximate surface area is 214 Å². The van der Waals surface area contributed by atoms with Crippen molar-refractivity contribution in [3.8, 4) is 0 Å². The Balaban J connectivity index is 1.57. The number of carbonyl (C=O) groups is 1. The average molecular weight is 485 g/mol. The molecule has 9 unspecified atom stereocenters. The summed E-state index contributed by atoms with van der Waals surface area (Å²) in [6.45, 7) is 21.3. The van der Waals surface area contributed by atoms with E-state index in [-0.39, 0.29) is 45.8 Å². The number of esters is 1. The summed E-state index contributed by atoms with van der Waals surface area (Å²) in [7, 11) is 0. The third-order valence-electron chi connectivity index (χ3n) is 13.3. The molecule has 0 bridgehead atoms. The van der Waals surface area contributed by atoms with Gasteiger partial charge in [0, 0.05) is 18.3 Å². The maximum Gasteiger partial charge on any atom is 0.302 e. The number of aliphatic hydroxyl groups is 1. The van der Waals surface area contributed by atoms with Crippen LogP contribution in [0.3, 0.4) is 0 Å². The Morgan fingerprint density at radius 3 is 2.23 bits per heavy atom. The van der Waals surface area contributed by atoms with Crippen molar-refractivity contribution in [2.75, 3.05) is 0 Å². The molecule has 0 radical (unpaired) electrons. The highest BCUT2D eigenvalue weighted by molar-refractivity contribution is 5.66. The molecule has 35 heavy (non-hydrogen) atoms. The van der Waals surface area contributed by atoms with Gasteiger partial charge in [-0.1, -0.05) is 67.0 Å². The number of ether oxygens (including phenoxy) is 1. The fourth-order valence-electron chi connectivity index (χ4n) is 11.0. The molecule has 0 aliphatic heterocycles. The van der Waals surface area contributed by atoms with Crippen molar-refractivity contribution >= 4 is 5.97 Å². The zero-order valence-corrected chi connectivity index (χ0v) is 24.1. The Kier molecular flexibility index (Phi) is 5.61. The van der Waals surface area contributed by atoms with Crippen LogP contribution in [0.1, 0.15) is 120 Å². The number of rotatable bonds is 1. The molecule has 0 aromatic carbocycles. The monoisotopic (exact) mass is 484 g/mol. The zero-order valence-electron chi connectivity index (χ0n) is 24.1. The summed E-state index contributed by atoms with van der Waals surface area (Å²) in [6, 6.07) is 0. The summed E-state index contributed by atoms with van der Waals surface area (Å²) in [6.07, 6.45) is 12.7. The van der Waals surface area contributed by atoms with Gasteiger partial charge in [0.25, 0.3) is 0 Å². The molecule has 9 atom stereocenters. The molecule has 0 aromatic rings. The van der Waals surface area contributed by atoms with Crippen molar-refractivity contribution in [3.63, 3.8) is 0 Å². The van der Waals surface area contributed by atoms with Crippen LogP contribution in [-0.2, 0) is 9.53 Å². The van der Waals surface area contributed by atoms with E-state index in [1.165, 1.54) is 32.1 Å². The minimum absolute atomic E-state index is 0.0234. The molecular formula is C32H52O3. The molecule has 3 nitrogen and oxygen atoms in total. The topological polar surface area (TPSA) is 46.5 Å². The molecule has 0 spiro atoms. The summed E-state index contributed by atoms with van der Waals surface area (Å²) >= 11 is 0. The molecule has 0 saturated heterocycles. The lowest BCUT2D eigenvalue weighted by atomic mass is 9.33. The summed E-state index contributed by atoms with van der Waals surface area (Å²) in [5.41, 5.74) is 2.59. The first kappa shape index (κ1) is 25.8. The fraction of sp³-hybridized carbons (Fsp3) is 0.906. The summed E-state index contributed by atoms with van der Waals surface area (Å²) in [5, 5.41) is 12.1. The molecule has 5 aliphatic carbocycles. The zero-order chi connectivity index (χ0) is 25.8. The largest absolute Gasteiger partial charge is 0.462 e. The second-order valence-electron chi connectivity index (χ2n) is 16.0. The highest BCUT2D eigenvalue weighted by Gasteiger charge is 2.70. The van der Waals surface area contributed by atoms with Crippen LogP contribution in [0.5, 0.6) is 0 Å². The molecule has 0 amide bonds. The summed E-state index contributed by atoms with van der Waals surface area (Å²) in [5.74, 6) is 1.13. The highest BCUT2D eigenvalue weighted by atomic mass is 16.5. The van der Waals surface area contributed by atoms with E-state index in [4.69, 9.17) is 4.74 Å².